The Bertz CT molecular complexity index is 442. The number of carbonyl (C=O) groups is 2. The van der Waals surface area contributed by atoms with Gasteiger partial charge in [-0.15, -0.1) is 0 Å². The van der Waals surface area contributed by atoms with E-state index in [1.165, 1.54) is 6.42 Å². The van der Waals surface area contributed by atoms with Gasteiger partial charge in [0, 0.05) is 18.2 Å². The number of hydrogen-bond donors (Lipinski definition) is 0. The van der Waals surface area contributed by atoms with Crippen LogP contribution >= 0.6 is 0 Å². The van der Waals surface area contributed by atoms with Gasteiger partial charge in [-0.1, -0.05) is 18.2 Å². The summed E-state index contributed by atoms with van der Waals surface area (Å²) >= 11 is 0. The maximum Gasteiger partial charge on any atom is 0.227 e. The molecule has 1 aliphatic rings. The Labute approximate surface area is 108 Å². The Morgan fingerprint density at radius 1 is 1.44 bits per heavy atom. The van der Waals surface area contributed by atoms with Crippen LogP contribution in [-0.2, 0) is 11.2 Å². The largest absolute Gasteiger partial charge is 0.340 e. The smallest absolute Gasteiger partial charge is 0.227 e. The number of hydrogen-bond acceptors (Lipinski definition) is 2. The molecule has 3 nitrogen and oxygen atoms in total. The quantitative estimate of drug-likeness (QED) is 0.767. The molecule has 1 fully saturated rings. The molecular weight excluding hydrogens is 226 g/mol. The molecule has 1 heterocycles. The number of carbonyl (C=O) groups excluding carboxylic acids is 2. The van der Waals surface area contributed by atoms with Crippen LogP contribution in [0.15, 0.2) is 24.3 Å². The Hall–Kier alpha value is -1.64. The first-order chi connectivity index (χ1) is 8.70. The lowest BCUT2D eigenvalue weighted by Gasteiger charge is -2.33. The molecule has 1 atom stereocenters. The van der Waals surface area contributed by atoms with Crippen molar-refractivity contribution in [3.8, 4) is 0 Å². The Balaban J connectivity index is 2.03. The molecule has 0 spiro atoms. The van der Waals surface area contributed by atoms with Gasteiger partial charge in [0.05, 0.1) is 6.42 Å². The predicted octanol–water partition coefficient (Wildman–Crippen LogP) is 2.44. The van der Waals surface area contributed by atoms with Gasteiger partial charge >= 0.3 is 0 Å². The molecule has 0 N–H and O–H groups in total. The molecular formula is C15H19NO2. The summed E-state index contributed by atoms with van der Waals surface area (Å²) in [6, 6.07) is 7.62. The van der Waals surface area contributed by atoms with Crippen molar-refractivity contribution in [2.45, 2.75) is 38.6 Å². The lowest BCUT2D eigenvalue weighted by Crippen LogP contribution is -2.42. The van der Waals surface area contributed by atoms with Crippen molar-refractivity contribution in [2.24, 2.45) is 0 Å². The van der Waals surface area contributed by atoms with E-state index < -0.39 is 0 Å². The fraction of sp³-hybridized carbons (Fsp3) is 0.467. The molecule has 0 aromatic heterocycles. The zero-order valence-electron chi connectivity index (χ0n) is 10.8. The molecule has 3 heteroatoms. The average molecular weight is 245 g/mol. The molecule has 0 saturated carbocycles. The standard InChI is InChI=1S/C15H19NO2/c1-12-5-2-3-8-16(12)15(18)10-13-6-4-7-14(9-13)11-17/h4,6-7,9,11-12H,2-3,5,8,10H2,1H3. The highest BCUT2D eigenvalue weighted by atomic mass is 16.2. The van der Waals surface area contributed by atoms with E-state index in [1.807, 2.05) is 17.0 Å². The van der Waals surface area contributed by atoms with Crippen LogP contribution < -0.4 is 0 Å². The molecule has 1 amide bonds. The van der Waals surface area contributed by atoms with E-state index in [9.17, 15) is 9.59 Å². The number of piperidine rings is 1. The molecule has 96 valence electrons. The molecule has 1 aromatic carbocycles. The minimum atomic E-state index is 0.172. The van der Waals surface area contributed by atoms with Gasteiger partial charge in [-0.05, 0) is 37.8 Å². The zero-order chi connectivity index (χ0) is 13.0. The summed E-state index contributed by atoms with van der Waals surface area (Å²) in [6.45, 7) is 2.98. The second-order valence-corrected chi connectivity index (χ2v) is 4.97. The van der Waals surface area contributed by atoms with E-state index in [-0.39, 0.29) is 5.91 Å². The normalized spacial score (nSPS) is 19.6. The van der Waals surface area contributed by atoms with Gasteiger partial charge in [0.25, 0.3) is 0 Å². The number of rotatable bonds is 3. The van der Waals surface area contributed by atoms with Gasteiger partial charge in [0.15, 0.2) is 0 Å². The third-order valence-electron chi connectivity index (χ3n) is 3.57. The molecule has 1 saturated heterocycles. The maximum absolute atomic E-state index is 12.2. The first-order valence-corrected chi connectivity index (χ1v) is 6.54. The highest BCUT2D eigenvalue weighted by Gasteiger charge is 2.22. The summed E-state index contributed by atoms with van der Waals surface area (Å²) in [5.41, 5.74) is 1.55. The highest BCUT2D eigenvalue weighted by molar-refractivity contribution is 5.80. The third-order valence-corrected chi connectivity index (χ3v) is 3.57. The average Bonchev–Trinajstić information content (AvgIpc) is 2.39. The maximum atomic E-state index is 12.2. The first-order valence-electron chi connectivity index (χ1n) is 6.54. The van der Waals surface area contributed by atoms with Crippen molar-refractivity contribution in [3.63, 3.8) is 0 Å². The van der Waals surface area contributed by atoms with Gasteiger partial charge in [0.1, 0.15) is 6.29 Å². The van der Waals surface area contributed by atoms with Crippen LogP contribution in [0.25, 0.3) is 0 Å². The van der Waals surface area contributed by atoms with E-state index in [0.29, 0.717) is 18.0 Å². The predicted molar refractivity (Wildman–Crippen MR) is 70.6 cm³/mol. The number of aldehydes is 1. The van der Waals surface area contributed by atoms with Crippen molar-refractivity contribution >= 4 is 12.2 Å². The van der Waals surface area contributed by atoms with E-state index in [0.717, 1.165) is 31.2 Å². The Kier molecular flexibility index (Phi) is 4.13. The Morgan fingerprint density at radius 2 is 2.28 bits per heavy atom. The molecule has 1 aromatic rings. The van der Waals surface area contributed by atoms with Crippen LogP contribution in [0.5, 0.6) is 0 Å². The SMILES string of the molecule is CC1CCCCN1C(=O)Cc1cccc(C=O)c1. The second kappa shape index (κ2) is 5.80. The summed E-state index contributed by atoms with van der Waals surface area (Å²) in [7, 11) is 0. The lowest BCUT2D eigenvalue weighted by atomic mass is 10.0. The Morgan fingerprint density at radius 3 is 3.00 bits per heavy atom. The van der Waals surface area contributed by atoms with Crippen molar-refractivity contribution in [1.82, 2.24) is 4.90 Å². The van der Waals surface area contributed by atoms with E-state index >= 15 is 0 Å². The van der Waals surface area contributed by atoms with E-state index in [1.54, 1.807) is 12.1 Å². The van der Waals surface area contributed by atoms with Crippen LogP contribution in [0, 0.1) is 0 Å². The van der Waals surface area contributed by atoms with Gasteiger partial charge in [-0.25, -0.2) is 0 Å². The zero-order valence-corrected chi connectivity index (χ0v) is 10.8. The number of likely N-dealkylation sites (tertiary alicyclic amines) is 1. The molecule has 18 heavy (non-hydrogen) atoms. The topological polar surface area (TPSA) is 37.4 Å². The van der Waals surface area contributed by atoms with Crippen LogP contribution in [-0.4, -0.2) is 29.7 Å². The van der Waals surface area contributed by atoms with Crippen LogP contribution in [0.3, 0.4) is 0 Å². The molecule has 1 aliphatic heterocycles. The monoisotopic (exact) mass is 245 g/mol. The van der Waals surface area contributed by atoms with Crippen molar-refractivity contribution in [1.29, 1.82) is 0 Å². The fourth-order valence-corrected chi connectivity index (χ4v) is 2.52. The third kappa shape index (κ3) is 2.97. The van der Waals surface area contributed by atoms with Crippen molar-refractivity contribution in [3.05, 3.63) is 35.4 Å². The highest BCUT2D eigenvalue weighted by Crippen LogP contribution is 2.17. The molecule has 0 radical (unpaired) electrons. The van der Waals surface area contributed by atoms with Crippen LogP contribution in [0.2, 0.25) is 0 Å². The van der Waals surface area contributed by atoms with Crippen LogP contribution in [0.4, 0.5) is 0 Å². The lowest BCUT2D eigenvalue weighted by molar-refractivity contribution is -0.133. The van der Waals surface area contributed by atoms with E-state index in [4.69, 9.17) is 0 Å². The minimum Gasteiger partial charge on any atom is -0.340 e. The first kappa shape index (κ1) is 12.8. The fourth-order valence-electron chi connectivity index (χ4n) is 2.52. The minimum absolute atomic E-state index is 0.172. The van der Waals surface area contributed by atoms with Gasteiger partial charge in [-0.3, -0.25) is 9.59 Å². The van der Waals surface area contributed by atoms with E-state index in [2.05, 4.69) is 6.92 Å². The summed E-state index contributed by atoms with van der Waals surface area (Å²) in [4.78, 5) is 24.9. The van der Waals surface area contributed by atoms with Gasteiger partial charge < -0.3 is 4.90 Å². The second-order valence-electron chi connectivity index (χ2n) is 4.97. The van der Waals surface area contributed by atoms with Crippen molar-refractivity contribution < 1.29 is 9.59 Å². The van der Waals surface area contributed by atoms with Gasteiger partial charge in [0.2, 0.25) is 5.91 Å². The van der Waals surface area contributed by atoms with Crippen LogP contribution in [0.1, 0.15) is 42.1 Å². The number of benzene rings is 1. The number of nitrogens with zero attached hydrogens (tertiary/aromatic N) is 1. The number of amides is 1. The summed E-state index contributed by atoms with van der Waals surface area (Å²) in [5, 5.41) is 0. The van der Waals surface area contributed by atoms with Gasteiger partial charge in [-0.2, -0.15) is 0 Å². The summed E-state index contributed by atoms with van der Waals surface area (Å²) in [5.74, 6) is 0.172. The molecule has 0 bridgehead atoms. The molecule has 2 rings (SSSR count). The molecule has 1 unspecified atom stereocenters. The molecule has 0 aliphatic carbocycles. The van der Waals surface area contributed by atoms with Crippen molar-refractivity contribution in [2.75, 3.05) is 6.54 Å². The summed E-state index contributed by atoms with van der Waals surface area (Å²) < 4.78 is 0. The summed E-state index contributed by atoms with van der Waals surface area (Å²) in [6.07, 6.45) is 4.62.